The molecule has 0 aromatic heterocycles. The maximum absolute atomic E-state index is 6.21. The van der Waals surface area contributed by atoms with Crippen LogP contribution in [0.4, 0.5) is 0 Å². The Labute approximate surface area is 153 Å². The van der Waals surface area contributed by atoms with Gasteiger partial charge in [0.05, 0.1) is 14.2 Å². The monoisotopic (exact) mass is 344 g/mol. The van der Waals surface area contributed by atoms with E-state index in [1.54, 1.807) is 14.2 Å². The van der Waals surface area contributed by atoms with Crippen LogP contribution in [0.2, 0.25) is 0 Å². The van der Waals surface area contributed by atoms with Crippen molar-refractivity contribution in [1.29, 1.82) is 0 Å². The zero-order valence-electron chi connectivity index (χ0n) is 14.8. The van der Waals surface area contributed by atoms with Crippen molar-refractivity contribution in [2.75, 3.05) is 14.2 Å². The summed E-state index contributed by atoms with van der Waals surface area (Å²) in [6, 6.07) is 24.5. The van der Waals surface area contributed by atoms with Crippen molar-refractivity contribution in [1.82, 2.24) is 0 Å². The quantitative estimate of drug-likeness (QED) is 0.645. The average molecular weight is 344 g/mol. The number of hydrogen-bond acceptors (Lipinski definition) is 3. The number of allylic oxidation sites excluding steroid dienone is 1. The van der Waals surface area contributed by atoms with Gasteiger partial charge in [0.2, 0.25) is 0 Å². The fraction of sp³-hybridized carbons (Fsp3) is 0.130. The lowest BCUT2D eigenvalue weighted by Gasteiger charge is -2.25. The molecule has 0 saturated carbocycles. The van der Waals surface area contributed by atoms with Crippen LogP contribution in [0, 0.1) is 0 Å². The number of methoxy groups -OCH3 is 2. The van der Waals surface area contributed by atoms with Crippen molar-refractivity contribution >= 4 is 5.76 Å². The van der Waals surface area contributed by atoms with Gasteiger partial charge in [-0.15, -0.1) is 0 Å². The minimum atomic E-state index is 0.143. The van der Waals surface area contributed by atoms with Crippen molar-refractivity contribution in [2.24, 2.45) is 0 Å². The van der Waals surface area contributed by atoms with Crippen molar-refractivity contribution in [3.8, 4) is 17.2 Å². The van der Waals surface area contributed by atoms with E-state index < -0.39 is 0 Å². The van der Waals surface area contributed by atoms with Gasteiger partial charge in [-0.2, -0.15) is 0 Å². The van der Waals surface area contributed by atoms with E-state index in [2.05, 4.69) is 36.4 Å². The second-order valence-corrected chi connectivity index (χ2v) is 6.13. The van der Waals surface area contributed by atoms with Gasteiger partial charge >= 0.3 is 0 Å². The highest BCUT2D eigenvalue weighted by Gasteiger charge is 2.24. The first-order valence-electron chi connectivity index (χ1n) is 8.56. The lowest BCUT2D eigenvalue weighted by atomic mass is 9.88. The average Bonchev–Trinajstić information content (AvgIpc) is 2.73. The van der Waals surface area contributed by atoms with Gasteiger partial charge in [0.25, 0.3) is 0 Å². The van der Waals surface area contributed by atoms with Crippen molar-refractivity contribution in [2.45, 2.75) is 5.92 Å². The van der Waals surface area contributed by atoms with E-state index in [-0.39, 0.29) is 5.92 Å². The molecule has 1 aliphatic rings. The summed E-state index contributed by atoms with van der Waals surface area (Å²) in [6.45, 7) is 0. The number of para-hydroxylation sites is 1. The van der Waals surface area contributed by atoms with Crippen molar-refractivity contribution in [3.63, 3.8) is 0 Å². The first-order chi connectivity index (χ1) is 12.8. The SMILES string of the molecule is COc1ccc(C2=C[C@H](c3ccccc3)c3ccccc3O2)cc1OC. The molecule has 0 aliphatic carbocycles. The van der Waals surface area contributed by atoms with E-state index in [4.69, 9.17) is 14.2 Å². The number of fused-ring (bicyclic) bond motifs is 1. The van der Waals surface area contributed by atoms with Gasteiger partial charge in [-0.05, 0) is 35.9 Å². The molecule has 3 aromatic carbocycles. The summed E-state index contributed by atoms with van der Waals surface area (Å²) in [6.07, 6.45) is 2.17. The van der Waals surface area contributed by atoms with Gasteiger partial charge in [0.15, 0.2) is 11.5 Å². The second-order valence-electron chi connectivity index (χ2n) is 6.13. The minimum absolute atomic E-state index is 0.143. The molecule has 0 radical (unpaired) electrons. The van der Waals surface area contributed by atoms with Crippen LogP contribution < -0.4 is 14.2 Å². The first-order valence-corrected chi connectivity index (χ1v) is 8.56. The molecular weight excluding hydrogens is 324 g/mol. The van der Waals surface area contributed by atoms with Crippen molar-refractivity contribution < 1.29 is 14.2 Å². The molecule has 0 amide bonds. The summed E-state index contributed by atoms with van der Waals surface area (Å²) in [5, 5.41) is 0. The number of hydrogen-bond donors (Lipinski definition) is 0. The Morgan fingerprint density at radius 2 is 1.50 bits per heavy atom. The van der Waals surface area contributed by atoms with Gasteiger partial charge in [-0.25, -0.2) is 0 Å². The molecule has 3 aromatic rings. The molecule has 4 rings (SSSR count). The second kappa shape index (κ2) is 6.96. The topological polar surface area (TPSA) is 27.7 Å². The Morgan fingerprint density at radius 1 is 0.769 bits per heavy atom. The normalized spacial score (nSPS) is 15.5. The molecular formula is C23H20O3. The van der Waals surface area contributed by atoms with Gasteiger partial charge < -0.3 is 14.2 Å². The molecule has 130 valence electrons. The molecule has 1 aliphatic heterocycles. The van der Waals surface area contributed by atoms with Crippen LogP contribution in [-0.4, -0.2) is 14.2 Å². The third-order valence-corrected chi connectivity index (χ3v) is 4.62. The van der Waals surface area contributed by atoms with Gasteiger partial charge in [0, 0.05) is 17.0 Å². The molecule has 0 spiro atoms. The maximum atomic E-state index is 6.21. The Morgan fingerprint density at radius 3 is 2.27 bits per heavy atom. The van der Waals surface area contributed by atoms with Gasteiger partial charge in [-0.1, -0.05) is 48.5 Å². The molecule has 0 saturated heterocycles. The summed E-state index contributed by atoms with van der Waals surface area (Å²) in [5.74, 6) is 3.23. The van der Waals surface area contributed by atoms with Crippen molar-refractivity contribution in [3.05, 3.63) is 95.6 Å². The third kappa shape index (κ3) is 2.93. The van der Waals surface area contributed by atoms with Crippen LogP contribution in [-0.2, 0) is 0 Å². The van der Waals surface area contributed by atoms with Crippen LogP contribution in [0.5, 0.6) is 17.2 Å². The molecule has 26 heavy (non-hydrogen) atoms. The first kappa shape index (κ1) is 16.3. The zero-order valence-corrected chi connectivity index (χ0v) is 14.8. The highest BCUT2D eigenvalue weighted by molar-refractivity contribution is 5.70. The lowest BCUT2D eigenvalue weighted by molar-refractivity contribution is 0.354. The molecule has 0 unspecified atom stereocenters. The summed E-state index contributed by atoms with van der Waals surface area (Å²) < 4.78 is 17.0. The summed E-state index contributed by atoms with van der Waals surface area (Å²) >= 11 is 0. The fourth-order valence-corrected chi connectivity index (χ4v) is 3.30. The largest absolute Gasteiger partial charge is 0.493 e. The molecule has 1 atom stereocenters. The Balaban J connectivity index is 1.81. The third-order valence-electron chi connectivity index (χ3n) is 4.62. The highest BCUT2D eigenvalue weighted by atomic mass is 16.5. The minimum Gasteiger partial charge on any atom is -0.493 e. The van der Waals surface area contributed by atoms with Crippen LogP contribution >= 0.6 is 0 Å². The fourth-order valence-electron chi connectivity index (χ4n) is 3.30. The molecule has 0 fully saturated rings. The highest BCUT2D eigenvalue weighted by Crippen LogP contribution is 2.41. The van der Waals surface area contributed by atoms with E-state index in [1.165, 1.54) is 11.1 Å². The number of ether oxygens (including phenoxy) is 3. The summed E-state index contributed by atoms with van der Waals surface area (Å²) in [4.78, 5) is 0. The molecule has 1 heterocycles. The Bertz CT molecular complexity index is 945. The predicted octanol–water partition coefficient (Wildman–Crippen LogP) is 5.27. The van der Waals surface area contributed by atoms with Gasteiger partial charge in [-0.3, -0.25) is 0 Å². The van der Waals surface area contributed by atoms with E-state index >= 15 is 0 Å². The van der Waals surface area contributed by atoms with E-state index in [9.17, 15) is 0 Å². The maximum Gasteiger partial charge on any atom is 0.161 e. The lowest BCUT2D eigenvalue weighted by Crippen LogP contribution is -2.10. The smallest absolute Gasteiger partial charge is 0.161 e. The Hall–Kier alpha value is -3.20. The predicted molar refractivity (Wildman–Crippen MR) is 103 cm³/mol. The molecule has 3 heteroatoms. The molecule has 0 bridgehead atoms. The molecule has 3 nitrogen and oxygen atoms in total. The van der Waals surface area contributed by atoms with Crippen LogP contribution in [0.1, 0.15) is 22.6 Å². The van der Waals surface area contributed by atoms with Crippen LogP contribution in [0.25, 0.3) is 5.76 Å². The number of rotatable bonds is 4. The van der Waals surface area contributed by atoms with Gasteiger partial charge in [0.1, 0.15) is 11.5 Å². The van der Waals surface area contributed by atoms with Crippen LogP contribution in [0.3, 0.4) is 0 Å². The van der Waals surface area contributed by atoms with E-state index in [0.29, 0.717) is 11.5 Å². The Kier molecular flexibility index (Phi) is 4.36. The summed E-state index contributed by atoms with van der Waals surface area (Å²) in [7, 11) is 3.27. The number of benzene rings is 3. The standard InChI is InChI=1S/C23H20O3/c1-24-21-13-12-17(14-23(21)25-2)22-15-19(16-8-4-3-5-9-16)18-10-6-7-11-20(18)26-22/h3-15,19H,1-2H3/t19-/m1/s1. The van der Waals surface area contributed by atoms with E-state index in [0.717, 1.165) is 17.1 Å². The molecule has 0 N–H and O–H groups in total. The van der Waals surface area contributed by atoms with E-state index in [1.807, 2.05) is 42.5 Å². The summed E-state index contributed by atoms with van der Waals surface area (Å²) in [5.41, 5.74) is 3.36. The van der Waals surface area contributed by atoms with Crippen LogP contribution in [0.15, 0.2) is 78.9 Å². The zero-order chi connectivity index (χ0) is 17.9.